The van der Waals surface area contributed by atoms with E-state index in [4.69, 9.17) is 22.4 Å². The summed E-state index contributed by atoms with van der Waals surface area (Å²) >= 11 is 5.09. The zero-order valence-electron chi connectivity index (χ0n) is 8.91. The molecule has 0 aromatic rings. The van der Waals surface area contributed by atoms with Crippen LogP contribution in [0.15, 0.2) is 0 Å². The molecule has 88 valence electrons. The van der Waals surface area contributed by atoms with Gasteiger partial charge in [0.15, 0.2) is 5.11 Å². The molecule has 0 spiro atoms. The SMILES string of the molecule is OC[C@@H](O)CNC(=S)NC1CCCCC1. The van der Waals surface area contributed by atoms with Gasteiger partial charge < -0.3 is 20.8 Å². The lowest BCUT2D eigenvalue weighted by atomic mass is 9.96. The van der Waals surface area contributed by atoms with Crippen molar-refractivity contribution in [2.75, 3.05) is 13.2 Å². The molecule has 4 N–H and O–H groups in total. The van der Waals surface area contributed by atoms with Crippen LogP contribution in [-0.4, -0.2) is 40.6 Å². The normalized spacial score (nSPS) is 19.6. The topological polar surface area (TPSA) is 64.5 Å². The molecule has 1 aliphatic rings. The summed E-state index contributed by atoms with van der Waals surface area (Å²) in [5.74, 6) is 0. The summed E-state index contributed by atoms with van der Waals surface area (Å²) in [5, 5.41) is 24.4. The van der Waals surface area contributed by atoms with Crippen LogP contribution in [0, 0.1) is 0 Å². The van der Waals surface area contributed by atoms with Crippen molar-refractivity contribution in [3.8, 4) is 0 Å². The maximum absolute atomic E-state index is 9.11. The minimum Gasteiger partial charge on any atom is -0.394 e. The van der Waals surface area contributed by atoms with Crippen molar-refractivity contribution in [1.29, 1.82) is 0 Å². The molecule has 0 bridgehead atoms. The minimum absolute atomic E-state index is 0.237. The number of aliphatic hydroxyl groups excluding tert-OH is 2. The van der Waals surface area contributed by atoms with Crippen LogP contribution in [0.1, 0.15) is 32.1 Å². The first-order valence-corrected chi connectivity index (χ1v) is 5.96. The highest BCUT2D eigenvalue weighted by Gasteiger charge is 2.13. The molecule has 0 heterocycles. The van der Waals surface area contributed by atoms with E-state index in [0.29, 0.717) is 17.7 Å². The van der Waals surface area contributed by atoms with Gasteiger partial charge in [-0.25, -0.2) is 0 Å². The first kappa shape index (κ1) is 12.7. The number of nitrogens with one attached hydrogen (secondary N) is 2. The summed E-state index contributed by atoms with van der Waals surface area (Å²) in [6.07, 6.45) is 5.45. The molecule has 0 aliphatic heterocycles. The Morgan fingerprint density at radius 1 is 1.33 bits per heavy atom. The monoisotopic (exact) mass is 232 g/mol. The van der Waals surface area contributed by atoms with Gasteiger partial charge in [-0.1, -0.05) is 19.3 Å². The molecule has 0 unspecified atom stereocenters. The molecule has 5 heteroatoms. The fourth-order valence-corrected chi connectivity index (χ4v) is 2.01. The van der Waals surface area contributed by atoms with E-state index in [-0.39, 0.29) is 6.61 Å². The van der Waals surface area contributed by atoms with Crippen LogP contribution in [0.4, 0.5) is 0 Å². The first-order valence-electron chi connectivity index (χ1n) is 5.55. The molecular formula is C10H20N2O2S. The Balaban J connectivity index is 2.11. The summed E-state index contributed by atoms with van der Waals surface area (Å²) in [5.41, 5.74) is 0. The van der Waals surface area contributed by atoms with E-state index in [1.54, 1.807) is 0 Å². The lowest BCUT2D eigenvalue weighted by Crippen LogP contribution is -2.45. The van der Waals surface area contributed by atoms with E-state index >= 15 is 0 Å². The van der Waals surface area contributed by atoms with Gasteiger partial charge in [0.2, 0.25) is 0 Å². The third-order valence-electron chi connectivity index (χ3n) is 2.65. The summed E-state index contributed by atoms with van der Waals surface area (Å²) in [4.78, 5) is 0. The number of hydrogen-bond donors (Lipinski definition) is 4. The largest absolute Gasteiger partial charge is 0.394 e. The van der Waals surface area contributed by atoms with Crippen LogP contribution >= 0.6 is 12.2 Å². The van der Waals surface area contributed by atoms with Crippen LogP contribution in [-0.2, 0) is 0 Å². The van der Waals surface area contributed by atoms with Crippen molar-refractivity contribution < 1.29 is 10.2 Å². The highest BCUT2D eigenvalue weighted by molar-refractivity contribution is 7.80. The van der Waals surface area contributed by atoms with Gasteiger partial charge in [0.05, 0.1) is 12.7 Å². The Kier molecular flexibility index (Phi) is 5.90. The van der Waals surface area contributed by atoms with E-state index in [1.165, 1.54) is 32.1 Å². The van der Waals surface area contributed by atoms with Crippen molar-refractivity contribution >= 4 is 17.3 Å². The molecule has 1 atom stereocenters. The van der Waals surface area contributed by atoms with Crippen molar-refractivity contribution in [2.24, 2.45) is 0 Å². The number of hydrogen-bond acceptors (Lipinski definition) is 3. The molecule has 0 radical (unpaired) electrons. The second kappa shape index (κ2) is 6.98. The minimum atomic E-state index is -0.740. The standard InChI is InChI=1S/C10H20N2O2S/c13-7-9(14)6-11-10(15)12-8-4-2-1-3-5-8/h8-9,13-14H,1-7H2,(H2,11,12,15)/t9-/m0/s1. The van der Waals surface area contributed by atoms with E-state index in [9.17, 15) is 0 Å². The number of rotatable bonds is 4. The summed E-state index contributed by atoms with van der Waals surface area (Å²) in [7, 11) is 0. The molecular weight excluding hydrogens is 212 g/mol. The van der Waals surface area contributed by atoms with E-state index < -0.39 is 6.10 Å². The second-order valence-corrected chi connectivity index (χ2v) is 4.43. The molecule has 15 heavy (non-hydrogen) atoms. The average Bonchev–Trinajstić information content (AvgIpc) is 2.27. The van der Waals surface area contributed by atoms with Gasteiger partial charge in [-0.15, -0.1) is 0 Å². The third-order valence-corrected chi connectivity index (χ3v) is 2.91. The Labute approximate surface area is 96.1 Å². The molecule has 4 nitrogen and oxygen atoms in total. The lowest BCUT2D eigenvalue weighted by Gasteiger charge is -2.24. The van der Waals surface area contributed by atoms with Gasteiger partial charge in [0.1, 0.15) is 0 Å². The maximum Gasteiger partial charge on any atom is 0.166 e. The van der Waals surface area contributed by atoms with Crippen LogP contribution < -0.4 is 10.6 Å². The molecule has 0 saturated heterocycles. The molecule has 1 fully saturated rings. The molecule has 1 saturated carbocycles. The van der Waals surface area contributed by atoms with Gasteiger partial charge >= 0.3 is 0 Å². The molecule has 1 aliphatic carbocycles. The van der Waals surface area contributed by atoms with Gasteiger partial charge in [-0.05, 0) is 25.1 Å². The first-order chi connectivity index (χ1) is 7.22. The van der Waals surface area contributed by atoms with Crippen molar-refractivity contribution in [1.82, 2.24) is 10.6 Å². The predicted molar refractivity (Wildman–Crippen MR) is 63.7 cm³/mol. The zero-order valence-corrected chi connectivity index (χ0v) is 9.72. The Morgan fingerprint density at radius 2 is 2.00 bits per heavy atom. The van der Waals surface area contributed by atoms with Crippen LogP contribution in [0.3, 0.4) is 0 Å². The van der Waals surface area contributed by atoms with Crippen LogP contribution in [0.25, 0.3) is 0 Å². The zero-order chi connectivity index (χ0) is 11.1. The smallest absolute Gasteiger partial charge is 0.166 e. The third kappa shape index (κ3) is 5.30. The predicted octanol–water partition coefficient (Wildman–Crippen LogP) is 0.136. The molecule has 0 amide bonds. The second-order valence-electron chi connectivity index (χ2n) is 4.03. The van der Waals surface area contributed by atoms with E-state index in [0.717, 1.165) is 0 Å². The van der Waals surface area contributed by atoms with Crippen LogP contribution in [0.5, 0.6) is 0 Å². The fourth-order valence-electron chi connectivity index (χ4n) is 1.76. The Bertz CT molecular complexity index is 196. The summed E-state index contributed by atoms with van der Waals surface area (Å²) < 4.78 is 0. The summed E-state index contributed by atoms with van der Waals surface area (Å²) in [6, 6.07) is 0.477. The van der Waals surface area contributed by atoms with Crippen LogP contribution in [0.2, 0.25) is 0 Å². The highest BCUT2D eigenvalue weighted by atomic mass is 32.1. The molecule has 0 aromatic heterocycles. The van der Waals surface area contributed by atoms with Gasteiger partial charge in [0.25, 0.3) is 0 Å². The average molecular weight is 232 g/mol. The number of aliphatic hydroxyl groups is 2. The Morgan fingerprint density at radius 3 is 2.60 bits per heavy atom. The van der Waals surface area contributed by atoms with Crippen molar-refractivity contribution in [2.45, 2.75) is 44.2 Å². The maximum atomic E-state index is 9.11. The van der Waals surface area contributed by atoms with Gasteiger partial charge in [-0.2, -0.15) is 0 Å². The van der Waals surface area contributed by atoms with E-state index in [2.05, 4.69) is 10.6 Å². The van der Waals surface area contributed by atoms with Gasteiger partial charge in [0, 0.05) is 12.6 Å². The Hall–Kier alpha value is -0.390. The quantitative estimate of drug-likeness (QED) is 0.519. The summed E-state index contributed by atoms with van der Waals surface area (Å²) in [6.45, 7) is 0.0636. The van der Waals surface area contributed by atoms with Gasteiger partial charge in [-0.3, -0.25) is 0 Å². The lowest BCUT2D eigenvalue weighted by molar-refractivity contribution is 0.0981. The van der Waals surface area contributed by atoms with Crippen molar-refractivity contribution in [3.05, 3.63) is 0 Å². The van der Waals surface area contributed by atoms with E-state index in [1.807, 2.05) is 0 Å². The number of thiocarbonyl (C=S) groups is 1. The van der Waals surface area contributed by atoms with Crippen molar-refractivity contribution in [3.63, 3.8) is 0 Å². The highest BCUT2D eigenvalue weighted by Crippen LogP contribution is 2.17. The molecule has 0 aromatic carbocycles. The molecule has 1 rings (SSSR count). The fraction of sp³-hybridized carbons (Fsp3) is 0.900.